The number of ether oxygens (including phenoxy) is 4. The van der Waals surface area contributed by atoms with E-state index in [1.165, 1.54) is 94.1 Å². The molecule has 0 fully saturated rings. The first-order valence-corrected chi connectivity index (χ1v) is 18.5. The van der Waals surface area contributed by atoms with E-state index in [4.69, 9.17) is 30.4 Å². The molecule has 0 saturated heterocycles. The minimum atomic E-state index is -0.754. The molecule has 8 amide bonds. The minimum Gasteiger partial charge on any atom is -0.496 e. The maximum atomic E-state index is 13.2. The number of nitrogens with two attached hydrogens (primary N) is 2. The number of methoxy groups -OCH3 is 3. The number of primary amides is 1. The van der Waals surface area contributed by atoms with Crippen molar-refractivity contribution in [1.29, 1.82) is 0 Å². The van der Waals surface area contributed by atoms with Gasteiger partial charge in [-0.1, -0.05) is 0 Å². The first-order valence-electron chi connectivity index (χ1n) is 18.5. The second kappa shape index (κ2) is 22.2. The molecule has 0 bridgehead atoms. The largest absolute Gasteiger partial charge is 0.496 e. The molecule has 21 heteroatoms. The zero-order valence-corrected chi connectivity index (χ0v) is 34.0. The van der Waals surface area contributed by atoms with E-state index in [1.54, 1.807) is 6.92 Å². The van der Waals surface area contributed by atoms with Gasteiger partial charge in [-0.15, -0.1) is 0 Å². The van der Waals surface area contributed by atoms with Gasteiger partial charge >= 0.3 is 0 Å². The number of carbonyl (C=O) groups is 8. The molecule has 326 valence electrons. The summed E-state index contributed by atoms with van der Waals surface area (Å²) in [4.78, 5) is 101. The fraction of sp³-hybridized carbons (Fsp3) is 0.220. The Morgan fingerprint density at radius 1 is 0.468 bits per heavy atom. The molecule has 0 aliphatic rings. The van der Waals surface area contributed by atoms with Gasteiger partial charge in [-0.3, -0.25) is 38.4 Å². The van der Waals surface area contributed by atoms with Crippen molar-refractivity contribution >= 4 is 70.0 Å². The van der Waals surface area contributed by atoms with Crippen LogP contribution in [0.25, 0.3) is 0 Å². The van der Waals surface area contributed by atoms with E-state index in [-0.39, 0.29) is 68.9 Å². The molecule has 0 heterocycles. The number of rotatable bonds is 20. The summed E-state index contributed by atoms with van der Waals surface area (Å²) < 4.78 is 21.2. The first kappa shape index (κ1) is 46.5. The van der Waals surface area contributed by atoms with Crippen LogP contribution in [-0.2, 0) is 19.2 Å². The van der Waals surface area contributed by atoms with Gasteiger partial charge in [0.1, 0.15) is 23.0 Å². The van der Waals surface area contributed by atoms with Crippen LogP contribution in [0.3, 0.4) is 0 Å². The van der Waals surface area contributed by atoms with E-state index in [9.17, 15) is 38.4 Å². The first-order chi connectivity index (χ1) is 29.7. The van der Waals surface area contributed by atoms with Crippen LogP contribution in [0, 0.1) is 0 Å². The quantitative estimate of drug-likeness (QED) is 0.0605. The fourth-order valence-electron chi connectivity index (χ4n) is 5.57. The van der Waals surface area contributed by atoms with Crippen molar-refractivity contribution < 1.29 is 57.3 Å². The Bertz CT molecular complexity index is 2370. The SMILES string of the molecule is CCOc1ccc(NC(=O)CNC(=O)c2cc(NC(=O)CNC(=O)c3cc(NC(=O)CNC(=O)c4cc(NC(=O)CN)ccc4OC)ccc3OC)ccc2OC)cc1C(N)=O. The minimum absolute atomic E-state index is 0.0235. The van der Waals surface area contributed by atoms with Gasteiger partial charge in [0.05, 0.1) is 76.4 Å². The van der Waals surface area contributed by atoms with Crippen LogP contribution in [0.15, 0.2) is 72.8 Å². The van der Waals surface area contributed by atoms with Gasteiger partial charge < -0.3 is 67.6 Å². The fourth-order valence-corrected chi connectivity index (χ4v) is 5.57. The number of anilines is 4. The monoisotopic (exact) mass is 855 g/mol. The van der Waals surface area contributed by atoms with Crippen molar-refractivity contribution in [3.63, 3.8) is 0 Å². The standard InChI is InChI=1S/C41H45N9O12/c1-5-62-33-13-9-22(14-26(33)38(43)55)48-35(52)19-44-40(57)28-16-24(7-11-31(28)60-3)50-37(54)21-46-41(58)29-17-25(8-12-32(29)61-4)49-36(53)20-45-39(56)27-15-23(47-34(51)18-42)6-10-30(27)59-2/h6-17H,5,18-21,42H2,1-4H3,(H2,43,55)(H,44,57)(H,45,56)(H,46,58)(H,47,51)(H,48,52)(H,49,53)(H,50,54). The van der Waals surface area contributed by atoms with E-state index >= 15 is 0 Å². The van der Waals surface area contributed by atoms with Crippen molar-refractivity contribution in [2.45, 2.75) is 6.92 Å². The van der Waals surface area contributed by atoms with Crippen LogP contribution >= 0.6 is 0 Å². The smallest absolute Gasteiger partial charge is 0.255 e. The summed E-state index contributed by atoms with van der Waals surface area (Å²) in [5.74, 6) is -4.61. The summed E-state index contributed by atoms with van der Waals surface area (Å²) in [6.45, 7) is 0.283. The van der Waals surface area contributed by atoms with Gasteiger partial charge in [-0.25, -0.2) is 0 Å². The highest BCUT2D eigenvalue weighted by Crippen LogP contribution is 2.26. The lowest BCUT2D eigenvalue weighted by molar-refractivity contribution is -0.116. The topological polar surface area (TPSA) is 310 Å². The van der Waals surface area contributed by atoms with Crippen LogP contribution < -0.4 is 67.6 Å². The van der Waals surface area contributed by atoms with E-state index in [0.29, 0.717) is 12.3 Å². The van der Waals surface area contributed by atoms with Crippen LogP contribution in [0.5, 0.6) is 23.0 Å². The molecule has 0 radical (unpaired) electrons. The average molecular weight is 856 g/mol. The molecule has 0 aromatic heterocycles. The van der Waals surface area contributed by atoms with Gasteiger partial charge in [-0.2, -0.15) is 0 Å². The Hall–Kier alpha value is -8.20. The molecule has 11 N–H and O–H groups in total. The van der Waals surface area contributed by atoms with Gasteiger partial charge in [0.15, 0.2) is 0 Å². The summed E-state index contributed by atoms with van der Waals surface area (Å²) in [5.41, 5.74) is 11.7. The Kier molecular flexibility index (Phi) is 16.7. The molecular formula is C41H45N9O12. The molecule has 62 heavy (non-hydrogen) atoms. The van der Waals surface area contributed by atoms with E-state index in [0.717, 1.165) is 0 Å². The highest BCUT2D eigenvalue weighted by Gasteiger charge is 2.20. The molecule has 0 atom stereocenters. The Morgan fingerprint density at radius 2 is 0.774 bits per heavy atom. The van der Waals surface area contributed by atoms with Crippen molar-refractivity contribution in [2.75, 3.05) is 75.4 Å². The molecule has 0 aliphatic heterocycles. The Balaban J connectivity index is 1.32. The van der Waals surface area contributed by atoms with Crippen LogP contribution in [0.2, 0.25) is 0 Å². The zero-order chi connectivity index (χ0) is 45.3. The lowest BCUT2D eigenvalue weighted by Gasteiger charge is -2.14. The molecule has 4 aromatic rings. The van der Waals surface area contributed by atoms with Crippen LogP contribution in [0.1, 0.15) is 48.4 Å². The second-order valence-electron chi connectivity index (χ2n) is 12.7. The predicted octanol–water partition coefficient (Wildman–Crippen LogP) is 1.21. The van der Waals surface area contributed by atoms with Crippen molar-refractivity contribution in [3.05, 3.63) is 95.1 Å². The van der Waals surface area contributed by atoms with Crippen molar-refractivity contribution in [2.24, 2.45) is 11.5 Å². The lowest BCUT2D eigenvalue weighted by Crippen LogP contribution is -2.34. The highest BCUT2D eigenvalue weighted by molar-refractivity contribution is 6.06. The van der Waals surface area contributed by atoms with Crippen molar-refractivity contribution in [1.82, 2.24) is 16.0 Å². The maximum Gasteiger partial charge on any atom is 0.255 e. The number of benzene rings is 4. The molecule has 0 saturated carbocycles. The molecule has 0 spiro atoms. The van der Waals surface area contributed by atoms with Crippen LogP contribution in [0.4, 0.5) is 22.7 Å². The Labute approximate surface area is 354 Å². The summed E-state index contributed by atoms with van der Waals surface area (Å²) >= 11 is 0. The normalized spacial score (nSPS) is 10.3. The number of carbonyl (C=O) groups excluding carboxylic acids is 8. The lowest BCUT2D eigenvalue weighted by atomic mass is 10.1. The molecule has 0 unspecified atom stereocenters. The second-order valence-corrected chi connectivity index (χ2v) is 12.7. The van der Waals surface area contributed by atoms with E-state index < -0.39 is 66.9 Å². The third-order valence-electron chi connectivity index (χ3n) is 8.43. The Morgan fingerprint density at radius 3 is 1.06 bits per heavy atom. The van der Waals surface area contributed by atoms with Gasteiger partial charge in [-0.05, 0) is 79.7 Å². The van der Waals surface area contributed by atoms with Crippen molar-refractivity contribution in [3.8, 4) is 23.0 Å². The highest BCUT2D eigenvalue weighted by atomic mass is 16.5. The van der Waals surface area contributed by atoms with Crippen LogP contribution in [-0.4, -0.2) is 101 Å². The molecule has 4 aromatic carbocycles. The predicted molar refractivity (Wildman–Crippen MR) is 226 cm³/mol. The van der Waals surface area contributed by atoms with E-state index in [1.807, 2.05) is 0 Å². The summed E-state index contributed by atoms with van der Waals surface area (Å²) in [6.07, 6.45) is 0. The average Bonchev–Trinajstić information content (AvgIpc) is 3.26. The number of hydrogen-bond acceptors (Lipinski definition) is 13. The molecule has 21 nitrogen and oxygen atoms in total. The van der Waals surface area contributed by atoms with Gasteiger partial charge in [0.25, 0.3) is 23.6 Å². The summed E-state index contributed by atoms with van der Waals surface area (Å²) in [7, 11) is 4.00. The zero-order valence-electron chi connectivity index (χ0n) is 34.0. The molecular weight excluding hydrogens is 811 g/mol. The number of amides is 8. The summed E-state index contributed by atoms with van der Waals surface area (Å²) in [6, 6.07) is 17.1. The number of nitrogens with one attached hydrogen (secondary N) is 7. The molecule has 0 aliphatic carbocycles. The summed E-state index contributed by atoms with van der Waals surface area (Å²) in [5, 5.41) is 17.6. The van der Waals surface area contributed by atoms with Gasteiger partial charge in [0.2, 0.25) is 23.6 Å². The molecule has 4 rings (SSSR count). The van der Waals surface area contributed by atoms with E-state index in [2.05, 4.69) is 37.2 Å². The van der Waals surface area contributed by atoms with Gasteiger partial charge in [0, 0.05) is 22.7 Å². The number of hydrogen-bond donors (Lipinski definition) is 9. The third-order valence-corrected chi connectivity index (χ3v) is 8.43. The third kappa shape index (κ3) is 12.9. The maximum absolute atomic E-state index is 13.2.